The van der Waals surface area contributed by atoms with Crippen molar-refractivity contribution < 1.29 is 4.79 Å². The molecule has 0 aromatic heterocycles. The highest BCUT2D eigenvalue weighted by Crippen LogP contribution is 2.36. The molecule has 0 spiro atoms. The molecule has 1 N–H and O–H groups in total. The van der Waals surface area contributed by atoms with Crippen LogP contribution in [0.1, 0.15) is 37.8 Å². The van der Waals surface area contributed by atoms with Gasteiger partial charge in [0.05, 0.1) is 6.04 Å². The van der Waals surface area contributed by atoms with Crippen molar-refractivity contribution in [3.05, 3.63) is 35.9 Å². The minimum atomic E-state index is 0.231. The van der Waals surface area contributed by atoms with Gasteiger partial charge in [-0.3, -0.25) is 4.79 Å². The zero-order valence-electron chi connectivity index (χ0n) is 13.3. The van der Waals surface area contributed by atoms with Crippen LogP contribution in [0.15, 0.2) is 30.3 Å². The average Bonchev–Trinajstić information content (AvgIpc) is 2.56. The molecular weight excluding hydrogens is 292 g/mol. The first-order valence-electron chi connectivity index (χ1n) is 8.42. The molecule has 2 aliphatic rings. The Hall–Kier alpha value is -1.00. The minimum Gasteiger partial charge on any atom is -0.334 e. The van der Waals surface area contributed by atoms with Gasteiger partial charge in [0.15, 0.2) is 0 Å². The van der Waals surface area contributed by atoms with Crippen LogP contribution in [0.25, 0.3) is 0 Å². The normalized spacial score (nSPS) is 26.9. The van der Waals surface area contributed by atoms with Gasteiger partial charge >= 0.3 is 0 Å². The Morgan fingerprint density at radius 1 is 1.27 bits per heavy atom. The van der Waals surface area contributed by atoms with Gasteiger partial charge in [-0.05, 0) is 37.4 Å². The predicted octanol–water partition coefficient (Wildman–Crippen LogP) is 3.08. The number of thioether (sulfide) groups is 1. The van der Waals surface area contributed by atoms with Gasteiger partial charge in [-0.15, -0.1) is 0 Å². The fraction of sp³-hybridized carbons (Fsp3) is 0.611. The number of hydrogen-bond donors (Lipinski definition) is 1. The van der Waals surface area contributed by atoms with Gasteiger partial charge in [-0.1, -0.05) is 37.3 Å². The molecule has 2 aliphatic heterocycles. The second-order valence-electron chi connectivity index (χ2n) is 6.42. The highest BCUT2D eigenvalue weighted by Gasteiger charge is 2.34. The summed E-state index contributed by atoms with van der Waals surface area (Å²) in [5.41, 5.74) is 1.28. The Morgan fingerprint density at radius 2 is 2.00 bits per heavy atom. The Morgan fingerprint density at radius 3 is 2.73 bits per heavy atom. The predicted molar refractivity (Wildman–Crippen MR) is 93.0 cm³/mol. The molecule has 0 aliphatic carbocycles. The van der Waals surface area contributed by atoms with Crippen molar-refractivity contribution in [2.45, 2.75) is 37.5 Å². The van der Waals surface area contributed by atoms with E-state index in [0.717, 1.165) is 44.6 Å². The molecule has 3 nitrogen and oxygen atoms in total. The summed E-state index contributed by atoms with van der Waals surface area (Å²) in [7, 11) is 0. The number of rotatable bonds is 3. The Bertz CT molecular complexity index is 487. The third kappa shape index (κ3) is 3.66. The fourth-order valence-electron chi connectivity index (χ4n) is 3.65. The van der Waals surface area contributed by atoms with Crippen LogP contribution in [-0.4, -0.2) is 41.4 Å². The van der Waals surface area contributed by atoms with Crippen molar-refractivity contribution in [2.75, 3.05) is 25.4 Å². The van der Waals surface area contributed by atoms with Crippen molar-refractivity contribution in [1.29, 1.82) is 0 Å². The van der Waals surface area contributed by atoms with E-state index in [2.05, 4.69) is 41.4 Å². The Labute approximate surface area is 137 Å². The number of nitrogens with zero attached hydrogens (tertiary/aromatic N) is 1. The lowest BCUT2D eigenvalue weighted by molar-refractivity contribution is -0.134. The lowest BCUT2D eigenvalue weighted by Gasteiger charge is -2.41. The van der Waals surface area contributed by atoms with Crippen LogP contribution in [0.4, 0.5) is 0 Å². The number of carbonyl (C=O) groups excluding carboxylic acids is 1. The zero-order valence-corrected chi connectivity index (χ0v) is 14.1. The zero-order chi connectivity index (χ0) is 15.4. The summed E-state index contributed by atoms with van der Waals surface area (Å²) in [6, 6.07) is 10.8. The molecule has 2 unspecified atom stereocenters. The molecule has 2 heterocycles. The van der Waals surface area contributed by atoms with Gasteiger partial charge in [0.25, 0.3) is 0 Å². The summed E-state index contributed by atoms with van der Waals surface area (Å²) in [5, 5.41) is 3.85. The summed E-state index contributed by atoms with van der Waals surface area (Å²) >= 11 is 1.98. The molecule has 120 valence electrons. The molecule has 2 fully saturated rings. The molecule has 1 aromatic rings. The van der Waals surface area contributed by atoms with Crippen LogP contribution in [-0.2, 0) is 4.79 Å². The van der Waals surface area contributed by atoms with Crippen LogP contribution in [0, 0.1) is 5.92 Å². The molecule has 0 saturated carbocycles. The fourth-order valence-corrected chi connectivity index (χ4v) is 4.81. The second kappa shape index (κ2) is 7.51. The topological polar surface area (TPSA) is 32.3 Å². The maximum Gasteiger partial charge on any atom is 0.223 e. The Kier molecular flexibility index (Phi) is 5.42. The number of hydrogen-bond acceptors (Lipinski definition) is 3. The van der Waals surface area contributed by atoms with Crippen molar-refractivity contribution >= 4 is 17.7 Å². The SMILES string of the molecule is CC1SCCN(C(=O)CC2CCNCC2)C1c1ccccc1. The van der Waals surface area contributed by atoms with Crippen LogP contribution in [0.3, 0.4) is 0 Å². The van der Waals surface area contributed by atoms with E-state index in [1.807, 2.05) is 17.8 Å². The average molecular weight is 318 g/mol. The summed E-state index contributed by atoms with van der Waals surface area (Å²) in [6.07, 6.45) is 3.00. The first-order chi connectivity index (χ1) is 10.8. The molecule has 3 rings (SSSR count). The van der Waals surface area contributed by atoms with E-state index >= 15 is 0 Å². The van der Waals surface area contributed by atoms with Crippen LogP contribution >= 0.6 is 11.8 Å². The van der Waals surface area contributed by atoms with Gasteiger partial charge in [-0.25, -0.2) is 0 Å². The van der Waals surface area contributed by atoms with Crippen LogP contribution in [0.5, 0.6) is 0 Å². The van der Waals surface area contributed by atoms with Crippen molar-refractivity contribution in [1.82, 2.24) is 10.2 Å². The van der Waals surface area contributed by atoms with Crippen molar-refractivity contribution in [2.24, 2.45) is 5.92 Å². The first-order valence-corrected chi connectivity index (χ1v) is 9.47. The van der Waals surface area contributed by atoms with E-state index in [0.29, 0.717) is 17.1 Å². The molecule has 1 aromatic carbocycles. The number of piperidine rings is 1. The molecular formula is C18H26N2OS. The second-order valence-corrected chi connectivity index (χ2v) is 7.90. The van der Waals surface area contributed by atoms with E-state index in [1.54, 1.807) is 0 Å². The molecule has 0 bridgehead atoms. The highest BCUT2D eigenvalue weighted by molar-refractivity contribution is 8.00. The Balaban J connectivity index is 1.72. The van der Waals surface area contributed by atoms with E-state index in [9.17, 15) is 4.79 Å². The van der Waals surface area contributed by atoms with Crippen LogP contribution in [0.2, 0.25) is 0 Å². The van der Waals surface area contributed by atoms with Crippen molar-refractivity contribution in [3.63, 3.8) is 0 Å². The maximum absolute atomic E-state index is 12.9. The van der Waals surface area contributed by atoms with Crippen molar-refractivity contribution in [3.8, 4) is 0 Å². The molecule has 2 atom stereocenters. The number of nitrogens with one attached hydrogen (secondary N) is 1. The van der Waals surface area contributed by atoms with Gasteiger partial charge in [0.2, 0.25) is 5.91 Å². The molecule has 0 radical (unpaired) electrons. The monoisotopic (exact) mass is 318 g/mol. The van der Waals surface area contributed by atoms with E-state index in [4.69, 9.17) is 0 Å². The van der Waals surface area contributed by atoms with Gasteiger partial charge in [0, 0.05) is 24.0 Å². The third-order valence-electron chi connectivity index (χ3n) is 4.88. The molecule has 22 heavy (non-hydrogen) atoms. The maximum atomic E-state index is 12.9. The highest BCUT2D eigenvalue weighted by atomic mass is 32.2. The van der Waals surface area contributed by atoms with E-state index in [1.165, 1.54) is 5.56 Å². The quantitative estimate of drug-likeness (QED) is 0.929. The lowest BCUT2D eigenvalue weighted by atomic mass is 9.93. The lowest BCUT2D eigenvalue weighted by Crippen LogP contribution is -2.45. The van der Waals surface area contributed by atoms with Crippen LogP contribution < -0.4 is 5.32 Å². The molecule has 2 saturated heterocycles. The molecule has 1 amide bonds. The number of carbonyl (C=O) groups is 1. The number of amides is 1. The largest absolute Gasteiger partial charge is 0.334 e. The third-order valence-corrected chi connectivity index (χ3v) is 6.08. The summed E-state index contributed by atoms with van der Waals surface area (Å²) in [6.45, 7) is 5.27. The standard InChI is InChI=1S/C18H26N2OS/c1-14-18(16-5-3-2-4-6-16)20(11-12-22-14)17(21)13-15-7-9-19-10-8-15/h2-6,14-15,18-19H,7-13H2,1H3. The number of benzene rings is 1. The van der Waals surface area contributed by atoms with E-state index < -0.39 is 0 Å². The van der Waals surface area contributed by atoms with E-state index in [-0.39, 0.29) is 6.04 Å². The summed E-state index contributed by atoms with van der Waals surface area (Å²) in [5.74, 6) is 1.98. The van der Waals surface area contributed by atoms with Gasteiger partial charge in [0.1, 0.15) is 0 Å². The summed E-state index contributed by atoms with van der Waals surface area (Å²) < 4.78 is 0. The summed E-state index contributed by atoms with van der Waals surface area (Å²) in [4.78, 5) is 15.0. The smallest absolute Gasteiger partial charge is 0.223 e. The first kappa shape index (κ1) is 15.9. The minimum absolute atomic E-state index is 0.231. The van der Waals surface area contributed by atoms with Gasteiger partial charge < -0.3 is 10.2 Å². The molecule has 4 heteroatoms. The van der Waals surface area contributed by atoms with Gasteiger partial charge in [-0.2, -0.15) is 11.8 Å².